The zero-order chi connectivity index (χ0) is 19.7. The molecule has 1 atom stereocenters. The monoisotopic (exact) mass is 388 g/mol. The summed E-state index contributed by atoms with van der Waals surface area (Å²) >= 11 is 0. The third-order valence-corrected chi connectivity index (χ3v) is 5.45. The highest BCUT2D eigenvalue weighted by molar-refractivity contribution is 5.98. The van der Waals surface area contributed by atoms with Gasteiger partial charge in [0.05, 0.1) is 17.9 Å². The number of piperazine rings is 1. The van der Waals surface area contributed by atoms with Crippen molar-refractivity contribution >= 4 is 11.7 Å². The fraction of sp³-hybridized carbons (Fsp3) is 0.450. The number of carbonyl (C=O) groups is 1. The zero-order valence-electron chi connectivity index (χ0n) is 15.4. The van der Waals surface area contributed by atoms with Crippen LogP contribution in [0.2, 0.25) is 0 Å². The maximum atomic E-state index is 13.6. The first-order valence-electron chi connectivity index (χ1n) is 9.47. The summed E-state index contributed by atoms with van der Waals surface area (Å²) < 4.78 is 27.2. The number of aromatic nitrogens is 2. The van der Waals surface area contributed by atoms with Gasteiger partial charge in [-0.3, -0.25) is 9.69 Å². The van der Waals surface area contributed by atoms with Crippen LogP contribution in [0.5, 0.6) is 0 Å². The van der Waals surface area contributed by atoms with Crippen LogP contribution in [0.1, 0.15) is 34.0 Å². The minimum absolute atomic E-state index is 0.102. The molecule has 1 aromatic carbocycles. The number of halogens is 2. The van der Waals surface area contributed by atoms with Crippen molar-refractivity contribution in [2.24, 2.45) is 0 Å². The van der Waals surface area contributed by atoms with Crippen LogP contribution in [-0.4, -0.2) is 65.1 Å². The first-order chi connectivity index (χ1) is 13.5. The van der Waals surface area contributed by atoms with E-state index in [2.05, 4.69) is 19.8 Å². The number of anilines is 1. The molecule has 1 fully saturated rings. The number of carbonyl (C=O) groups excluding carboxylic acids is 1. The van der Waals surface area contributed by atoms with E-state index < -0.39 is 11.6 Å². The maximum Gasteiger partial charge on any atom is 0.225 e. The molecule has 148 valence electrons. The molecule has 2 aliphatic rings. The van der Waals surface area contributed by atoms with Gasteiger partial charge in [-0.15, -0.1) is 0 Å². The Kier molecular flexibility index (Phi) is 5.32. The van der Waals surface area contributed by atoms with E-state index in [4.69, 9.17) is 5.11 Å². The normalized spacial score (nSPS) is 20.3. The van der Waals surface area contributed by atoms with Gasteiger partial charge in [-0.05, 0) is 30.0 Å². The molecule has 0 saturated carbocycles. The second-order valence-corrected chi connectivity index (χ2v) is 7.31. The number of aliphatic hydroxyl groups is 1. The van der Waals surface area contributed by atoms with Gasteiger partial charge in [0.1, 0.15) is 11.6 Å². The van der Waals surface area contributed by atoms with Crippen molar-refractivity contribution < 1.29 is 18.7 Å². The van der Waals surface area contributed by atoms with E-state index in [9.17, 15) is 13.6 Å². The summed E-state index contributed by atoms with van der Waals surface area (Å²) in [5.41, 5.74) is 1.61. The molecule has 2 aromatic rings. The number of nitrogens with zero attached hydrogens (tertiary/aromatic N) is 4. The van der Waals surface area contributed by atoms with Gasteiger partial charge in [-0.1, -0.05) is 0 Å². The first-order valence-corrected chi connectivity index (χ1v) is 9.47. The number of ketones is 1. The average Bonchev–Trinajstić information content (AvgIpc) is 2.67. The molecule has 28 heavy (non-hydrogen) atoms. The van der Waals surface area contributed by atoms with Crippen LogP contribution >= 0.6 is 0 Å². The van der Waals surface area contributed by atoms with Crippen molar-refractivity contribution in [2.75, 3.05) is 44.2 Å². The topological polar surface area (TPSA) is 69.6 Å². The van der Waals surface area contributed by atoms with Gasteiger partial charge < -0.3 is 10.0 Å². The van der Waals surface area contributed by atoms with Gasteiger partial charge in [-0.25, -0.2) is 18.7 Å². The number of hydrogen-bond acceptors (Lipinski definition) is 6. The van der Waals surface area contributed by atoms with Crippen molar-refractivity contribution in [1.29, 1.82) is 0 Å². The molecule has 6 nitrogen and oxygen atoms in total. The number of hydrogen-bond donors (Lipinski definition) is 1. The molecule has 1 aliphatic heterocycles. The van der Waals surface area contributed by atoms with Gasteiger partial charge in [0.2, 0.25) is 5.95 Å². The minimum Gasteiger partial charge on any atom is -0.395 e. The molecular weight excluding hydrogens is 366 g/mol. The maximum absolute atomic E-state index is 13.6. The number of β-amino-alcohol motifs (C(OH)–C–C–N with tert-alkyl or cyclic N) is 1. The molecule has 8 heteroatoms. The van der Waals surface area contributed by atoms with E-state index in [1.807, 2.05) is 0 Å². The van der Waals surface area contributed by atoms with Crippen LogP contribution in [0.3, 0.4) is 0 Å². The van der Waals surface area contributed by atoms with E-state index in [1.54, 1.807) is 6.20 Å². The molecule has 1 aromatic heterocycles. The average molecular weight is 388 g/mol. The molecular formula is C20H22F2N4O2. The third kappa shape index (κ3) is 3.88. The molecule has 0 amide bonds. The number of Topliss-reactive ketones (excluding diaryl/α,β-unsaturated/α-hetero) is 1. The van der Waals surface area contributed by atoms with E-state index in [-0.39, 0.29) is 24.7 Å². The van der Waals surface area contributed by atoms with E-state index in [0.29, 0.717) is 35.7 Å². The molecule has 0 radical (unpaired) electrons. The van der Waals surface area contributed by atoms with Crippen molar-refractivity contribution in [3.05, 3.63) is 52.9 Å². The van der Waals surface area contributed by atoms with E-state index in [0.717, 1.165) is 32.2 Å². The Labute approximate surface area is 161 Å². The highest BCUT2D eigenvalue weighted by atomic mass is 19.1. The second-order valence-electron chi connectivity index (χ2n) is 7.31. The Morgan fingerprint density at radius 3 is 2.46 bits per heavy atom. The van der Waals surface area contributed by atoms with Crippen LogP contribution < -0.4 is 4.90 Å². The molecule has 4 rings (SSSR count). The van der Waals surface area contributed by atoms with Crippen molar-refractivity contribution in [1.82, 2.24) is 14.9 Å². The van der Waals surface area contributed by atoms with Gasteiger partial charge in [0, 0.05) is 51.4 Å². The fourth-order valence-electron chi connectivity index (χ4n) is 3.95. The number of rotatable bonds is 4. The second kappa shape index (κ2) is 7.89. The lowest BCUT2D eigenvalue weighted by atomic mass is 9.82. The van der Waals surface area contributed by atoms with Crippen molar-refractivity contribution in [3.8, 4) is 0 Å². The quantitative estimate of drug-likeness (QED) is 0.861. The van der Waals surface area contributed by atoms with Crippen LogP contribution in [0, 0.1) is 11.6 Å². The van der Waals surface area contributed by atoms with Gasteiger partial charge in [0.15, 0.2) is 5.78 Å². The SMILES string of the molecule is O=C1C[C@@H](c2cc(F)cc(F)c2)Cc2nc(N3CCN(CCO)CC3)ncc21. The number of aliphatic hydroxyl groups excluding tert-OH is 1. The number of benzene rings is 1. The predicted octanol–water partition coefficient (Wildman–Crippen LogP) is 1.78. The lowest BCUT2D eigenvalue weighted by Gasteiger charge is -2.34. The Morgan fingerprint density at radius 1 is 1.07 bits per heavy atom. The third-order valence-electron chi connectivity index (χ3n) is 5.45. The molecule has 0 bridgehead atoms. The molecule has 0 unspecified atom stereocenters. The molecule has 1 N–H and O–H groups in total. The van der Waals surface area contributed by atoms with Crippen LogP contribution in [0.4, 0.5) is 14.7 Å². The van der Waals surface area contributed by atoms with Crippen LogP contribution in [-0.2, 0) is 6.42 Å². The molecule has 0 spiro atoms. The predicted molar refractivity (Wildman–Crippen MR) is 99.5 cm³/mol. The van der Waals surface area contributed by atoms with Crippen LogP contribution in [0.15, 0.2) is 24.4 Å². The lowest BCUT2D eigenvalue weighted by molar-refractivity contribution is 0.0962. The summed E-state index contributed by atoms with van der Waals surface area (Å²) in [6.45, 7) is 3.89. The van der Waals surface area contributed by atoms with Crippen LogP contribution in [0.25, 0.3) is 0 Å². The highest BCUT2D eigenvalue weighted by Crippen LogP contribution is 2.33. The zero-order valence-corrected chi connectivity index (χ0v) is 15.4. The minimum atomic E-state index is -0.641. The van der Waals surface area contributed by atoms with Gasteiger partial charge in [-0.2, -0.15) is 0 Å². The van der Waals surface area contributed by atoms with E-state index in [1.165, 1.54) is 12.1 Å². The van der Waals surface area contributed by atoms with Gasteiger partial charge in [0.25, 0.3) is 0 Å². The lowest BCUT2D eigenvalue weighted by Crippen LogP contribution is -2.47. The van der Waals surface area contributed by atoms with Crippen molar-refractivity contribution in [3.63, 3.8) is 0 Å². The Hall–Kier alpha value is -2.45. The molecule has 1 saturated heterocycles. The Balaban J connectivity index is 1.55. The summed E-state index contributed by atoms with van der Waals surface area (Å²) in [7, 11) is 0. The fourth-order valence-corrected chi connectivity index (χ4v) is 3.95. The summed E-state index contributed by atoms with van der Waals surface area (Å²) in [5, 5.41) is 9.05. The summed E-state index contributed by atoms with van der Waals surface area (Å²) in [4.78, 5) is 25.8. The van der Waals surface area contributed by atoms with Gasteiger partial charge >= 0.3 is 0 Å². The Bertz CT molecular complexity index is 864. The Morgan fingerprint density at radius 2 is 1.79 bits per heavy atom. The molecule has 2 heterocycles. The largest absolute Gasteiger partial charge is 0.395 e. The van der Waals surface area contributed by atoms with Crippen molar-refractivity contribution in [2.45, 2.75) is 18.8 Å². The molecule has 1 aliphatic carbocycles. The number of fused-ring (bicyclic) bond motifs is 1. The summed E-state index contributed by atoms with van der Waals surface area (Å²) in [5.74, 6) is -1.11. The first kappa shape index (κ1) is 18.9. The smallest absolute Gasteiger partial charge is 0.225 e. The summed E-state index contributed by atoms with van der Waals surface area (Å²) in [6, 6.07) is 3.40. The standard InChI is InChI=1S/C20H22F2N4O2/c21-15-7-13(8-16(22)11-15)14-9-18-17(19(28)10-14)12-23-20(24-18)26-3-1-25(2-4-26)5-6-27/h7-8,11-12,14,27H,1-6,9-10H2/t14-/m0/s1. The van der Waals surface area contributed by atoms with E-state index >= 15 is 0 Å². The summed E-state index contributed by atoms with van der Waals surface area (Å²) in [6.07, 6.45) is 2.21. The highest BCUT2D eigenvalue weighted by Gasteiger charge is 2.29.